The number of carbonyl (C=O) groups excluding carboxylic acids is 1. The largest absolute Gasteiger partial charge is 0.398 e. The summed E-state index contributed by atoms with van der Waals surface area (Å²) in [4.78, 5) is 10.7. The summed E-state index contributed by atoms with van der Waals surface area (Å²) >= 11 is 0. The molecule has 0 aromatic carbocycles. The van der Waals surface area contributed by atoms with Gasteiger partial charge in [0.2, 0.25) is 0 Å². The lowest BCUT2D eigenvalue weighted by molar-refractivity contribution is -0.185. The highest BCUT2D eigenvalue weighted by molar-refractivity contribution is 5.82. The molecule has 0 aliphatic heterocycles. The van der Waals surface area contributed by atoms with Crippen molar-refractivity contribution in [2.75, 3.05) is 0 Å². The highest BCUT2D eigenvalue weighted by Gasteiger charge is 2.44. The van der Waals surface area contributed by atoms with E-state index in [-0.39, 0.29) is 12.8 Å². The van der Waals surface area contributed by atoms with E-state index in [1.54, 1.807) is 0 Å². The Kier molecular flexibility index (Phi) is 2.20. The van der Waals surface area contributed by atoms with Gasteiger partial charge in [-0.15, -0.1) is 0 Å². The highest BCUT2D eigenvalue weighted by atomic mass is 19.4. The topological polar surface area (TPSA) is 17.1 Å². The normalized spacial score (nSPS) is 27.2. The summed E-state index contributed by atoms with van der Waals surface area (Å²) in [5.41, 5.74) is 0. The molecule has 4 heteroatoms. The van der Waals surface area contributed by atoms with E-state index in [0.717, 1.165) is 0 Å². The molecule has 0 aromatic heterocycles. The number of ketones is 1. The molecule has 11 heavy (non-hydrogen) atoms. The Morgan fingerprint density at radius 3 is 2.27 bits per heavy atom. The summed E-state index contributed by atoms with van der Waals surface area (Å²) in [5.74, 6) is -2.31. The lowest BCUT2D eigenvalue weighted by atomic mass is 9.88. The number of hydrogen-bond donors (Lipinski definition) is 0. The average molecular weight is 166 g/mol. The van der Waals surface area contributed by atoms with Gasteiger partial charge in [0.25, 0.3) is 0 Å². The Balaban J connectivity index is 2.62. The summed E-state index contributed by atoms with van der Waals surface area (Å²) in [7, 11) is 0. The van der Waals surface area contributed by atoms with Crippen molar-refractivity contribution in [1.29, 1.82) is 0 Å². The third kappa shape index (κ3) is 1.94. The molecule has 1 aliphatic rings. The van der Waals surface area contributed by atoms with E-state index in [0.29, 0.717) is 12.8 Å². The smallest absolute Gasteiger partial charge is 0.299 e. The Morgan fingerprint density at radius 2 is 1.91 bits per heavy atom. The van der Waals surface area contributed by atoms with Crippen LogP contribution in [-0.2, 0) is 4.79 Å². The zero-order valence-electron chi connectivity index (χ0n) is 5.95. The van der Waals surface area contributed by atoms with Crippen molar-refractivity contribution in [3.05, 3.63) is 0 Å². The molecule has 1 atom stereocenters. The quantitative estimate of drug-likeness (QED) is 0.539. The monoisotopic (exact) mass is 166 g/mol. The van der Waals surface area contributed by atoms with Crippen LogP contribution in [0.25, 0.3) is 0 Å². The minimum atomic E-state index is -4.31. The summed E-state index contributed by atoms with van der Waals surface area (Å²) in [6.07, 6.45) is -3.08. The minimum Gasteiger partial charge on any atom is -0.299 e. The van der Waals surface area contributed by atoms with E-state index >= 15 is 0 Å². The van der Waals surface area contributed by atoms with E-state index in [4.69, 9.17) is 0 Å². The molecule has 0 unspecified atom stereocenters. The second-order valence-electron chi connectivity index (χ2n) is 2.81. The lowest BCUT2D eigenvalue weighted by Crippen LogP contribution is -2.32. The van der Waals surface area contributed by atoms with Crippen LogP contribution in [0.4, 0.5) is 13.2 Å². The predicted molar refractivity (Wildman–Crippen MR) is 33.0 cm³/mol. The third-order valence-corrected chi connectivity index (χ3v) is 1.95. The maximum absolute atomic E-state index is 12.0. The maximum atomic E-state index is 12.0. The van der Waals surface area contributed by atoms with Crippen LogP contribution in [0.5, 0.6) is 0 Å². The van der Waals surface area contributed by atoms with Crippen LogP contribution in [-0.4, -0.2) is 12.0 Å². The van der Waals surface area contributed by atoms with Crippen molar-refractivity contribution in [1.82, 2.24) is 0 Å². The molecule has 0 aromatic rings. The fourth-order valence-electron chi connectivity index (χ4n) is 1.33. The molecule has 1 fully saturated rings. The number of alkyl halides is 3. The Bertz CT molecular complexity index is 162. The molecule has 0 bridgehead atoms. The van der Waals surface area contributed by atoms with Crippen LogP contribution in [0.3, 0.4) is 0 Å². The van der Waals surface area contributed by atoms with Crippen molar-refractivity contribution in [2.24, 2.45) is 5.92 Å². The first-order chi connectivity index (χ1) is 5.02. The standard InChI is InChI=1S/C7H9F3O/c8-7(9,10)5-3-1-2-4-6(5)11/h5H,1-4H2/t5-/m0/s1. The van der Waals surface area contributed by atoms with E-state index < -0.39 is 17.9 Å². The summed E-state index contributed by atoms with van der Waals surface area (Å²) in [6, 6.07) is 0. The molecule has 0 saturated heterocycles. The first-order valence-electron chi connectivity index (χ1n) is 3.61. The zero-order valence-corrected chi connectivity index (χ0v) is 5.95. The van der Waals surface area contributed by atoms with Gasteiger partial charge in [0.1, 0.15) is 11.7 Å². The van der Waals surface area contributed by atoms with Crippen molar-refractivity contribution in [3.8, 4) is 0 Å². The lowest BCUT2D eigenvalue weighted by Gasteiger charge is -2.22. The molecule has 0 spiro atoms. The SMILES string of the molecule is O=C1CCCC[C@@H]1C(F)(F)F. The first kappa shape index (κ1) is 8.56. The Morgan fingerprint density at radius 1 is 1.27 bits per heavy atom. The van der Waals surface area contributed by atoms with Gasteiger partial charge in [-0.3, -0.25) is 4.79 Å². The second-order valence-corrected chi connectivity index (χ2v) is 2.81. The van der Waals surface area contributed by atoms with Crippen molar-refractivity contribution >= 4 is 5.78 Å². The van der Waals surface area contributed by atoms with Crippen LogP contribution in [0.2, 0.25) is 0 Å². The van der Waals surface area contributed by atoms with E-state index in [1.807, 2.05) is 0 Å². The molecule has 1 aliphatic carbocycles. The average Bonchev–Trinajstić information content (AvgIpc) is 1.86. The predicted octanol–water partition coefficient (Wildman–Crippen LogP) is 2.31. The molecule has 0 amide bonds. The second kappa shape index (κ2) is 2.83. The molecule has 1 rings (SSSR count). The maximum Gasteiger partial charge on any atom is 0.398 e. The van der Waals surface area contributed by atoms with E-state index in [1.165, 1.54) is 0 Å². The van der Waals surface area contributed by atoms with Gasteiger partial charge in [0.15, 0.2) is 0 Å². The van der Waals surface area contributed by atoms with Crippen LogP contribution in [0.15, 0.2) is 0 Å². The van der Waals surface area contributed by atoms with Gasteiger partial charge in [0, 0.05) is 6.42 Å². The van der Waals surface area contributed by atoms with Crippen LogP contribution >= 0.6 is 0 Å². The molecule has 0 radical (unpaired) electrons. The summed E-state index contributed by atoms with van der Waals surface area (Å²) < 4.78 is 35.9. The van der Waals surface area contributed by atoms with E-state index in [2.05, 4.69) is 0 Å². The highest BCUT2D eigenvalue weighted by Crippen LogP contribution is 2.34. The third-order valence-electron chi connectivity index (χ3n) is 1.95. The minimum absolute atomic E-state index is 0.0116. The summed E-state index contributed by atoms with van der Waals surface area (Å²) in [6.45, 7) is 0. The van der Waals surface area contributed by atoms with Crippen LogP contribution < -0.4 is 0 Å². The Labute approximate surface area is 62.6 Å². The van der Waals surface area contributed by atoms with Gasteiger partial charge in [-0.2, -0.15) is 13.2 Å². The first-order valence-corrected chi connectivity index (χ1v) is 3.61. The van der Waals surface area contributed by atoms with Gasteiger partial charge < -0.3 is 0 Å². The number of carbonyl (C=O) groups is 1. The molecule has 0 heterocycles. The van der Waals surface area contributed by atoms with Crippen molar-refractivity contribution < 1.29 is 18.0 Å². The van der Waals surface area contributed by atoms with Gasteiger partial charge in [-0.05, 0) is 12.8 Å². The molecule has 1 nitrogen and oxygen atoms in total. The summed E-state index contributed by atoms with van der Waals surface area (Å²) in [5, 5.41) is 0. The Hall–Kier alpha value is -0.540. The van der Waals surface area contributed by atoms with Gasteiger partial charge in [-0.1, -0.05) is 6.42 Å². The van der Waals surface area contributed by atoms with Gasteiger partial charge in [-0.25, -0.2) is 0 Å². The number of halogens is 3. The molecule has 64 valence electrons. The van der Waals surface area contributed by atoms with Crippen LogP contribution in [0, 0.1) is 5.92 Å². The van der Waals surface area contributed by atoms with Gasteiger partial charge >= 0.3 is 6.18 Å². The fourth-order valence-corrected chi connectivity index (χ4v) is 1.33. The van der Waals surface area contributed by atoms with Gasteiger partial charge in [0.05, 0.1) is 0 Å². The van der Waals surface area contributed by atoms with Crippen molar-refractivity contribution in [3.63, 3.8) is 0 Å². The molecular formula is C7H9F3O. The molecule has 1 saturated carbocycles. The number of rotatable bonds is 0. The zero-order chi connectivity index (χ0) is 8.48. The van der Waals surface area contributed by atoms with Crippen LogP contribution in [0.1, 0.15) is 25.7 Å². The molecule has 0 N–H and O–H groups in total. The fraction of sp³-hybridized carbons (Fsp3) is 0.857. The number of Topliss-reactive ketones (excluding diaryl/α,β-unsaturated/α-hetero) is 1. The number of hydrogen-bond acceptors (Lipinski definition) is 1. The van der Waals surface area contributed by atoms with Crippen molar-refractivity contribution in [2.45, 2.75) is 31.9 Å². The van der Waals surface area contributed by atoms with E-state index in [9.17, 15) is 18.0 Å². The molecular weight excluding hydrogens is 157 g/mol.